The Labute approximate surface area is 164 Å². The lowest BCUT2D eigenvalue weighted by atomic mass is 9.95. The Hall–Kier alpha value is -2.74. The van der Waals surface area contributed by atoms with Crippen molar-refractivity contribution in [1.29, 1.82) is 0 Å². The molecule has 0 saturated carbocycles. The summed E-state index contributed by atoms with van der Waals surface area (Å²) < 4.78 is 9.07. The first-order chi connectivity index (χ1) is 13.6. The number of imidazole rings is 1. The van der Waals surface area contributed by atoms with Crippen molar-refractivity contribution in [2.75, 3.05) is 26.8 Å². The fourth-order valence-corrected chi connectivity index (χ4v) is 3.95. The highest BCUT2D eigenvalue weighted by Gasteiger charge is 2.28. The maximum atomic E-state index is 13.0. The van der Waals surface area contributed by atoms with Crippen molar-refractivity contribution in [3.05, 3.63) is 47.4 Å². The van der Waals surface area contributed by atoms with E-state index in [4.69, 9.17) is 4.74 Å². The second-order valence-corrected chi connectivity index (χ2v) is 7.38. The Kier molecular flexibility index (Phi) is 5.13. The minimum absolute atomic E-state index is 0.0243. The van der Waals surface area contributed by atoms with Gasteiger partial charge in [-0.05, 0) is 32.8 Å². The molecule has 3 aromatic heterocycles. The molecule has 3 aromatic rings. The van der Waals surface area contributed by atoms with E-state index in [1.54, 1.807) is 17.7 Å². The van der Waals surface area contributed by atoms with E-state index >= 15 is 0 Å². The van der Waals surface area contributed by atoms with E-state index in [1.807, 2.05) is 37.2 Å². The van der Waals surface area contributed by atoms with E-state index < -0.39 is 0 Å². The van der Waals surface area contributed by atoms with Gasteiger partial charge in [-0.15, -0.1) is 0 Å². The number of carbonyl (C=O) groups excluding carboxylic acids is 1. The highest BCUT2D eigenvalue weighted by Crippen LogP contribution is 2.27. The number of carbonyl (C=O) groups is 1. The second kappa shape index (κ2) is 7.71. The van der Waals surface area contributed by atoms with Gasteiger partial charge in [0.05, 0.1) is 6.61 Å². The zero-order valence-electron chi connectivity index (χ0n) is 16.6. The molecule has 0 unspecified atom stereocenters. The number of aromatic nitrogens is 5. The summed E-state index contributed by atoms with van der Waals surface area (Å²) >= 11 is 0. The van der Waals surface area contributed by atoms with Gasteiger partial charge in [-0.2, -0.15) is 5.10 Å². The molecule has 4 heterocycles. The average Bonchev–Trinajstić information content (AvgIpc) is 3.33. The summed E-state index contributed by atoms with van der Waals surface area (Å²) in [5.41, 5.74) is 3.08. The molecule has 1 fully saturated rings. The molecule has 0 radical (unpaired) electrons. The minimum Gasteiger partial charge on any atom is -0.383 e. The normalized spacial score (nSPS) is 15.5. The first kappa shape index (κ1) is 18.6. The fourth-order valence-electron chi connectivity index (χ4n) is 3.95. The monoisotopic (exact) mass is 382 g/mol. The second-order valence-electron chi connectivity index (χ2n) is 7.38. The van der Waals surface area contributed by atoms with Crippen LogP contribution in [0, 0.1) is 13.8 Å². The highest BCUT2D eigenvalue weighted by molar-refractivity contribution is 5.93. The standard InChI is InChI=1S/C20H26N6O2/c1-14-12-15(2)26-18(22-14)13-17(23-26)20(27)25-7-4-16(5-8-25)19-21-6-9-24(19)10-11-28-3/h6,9,12-13,16H,4-5,7-8,10-11H2,1-3H3. The molecular weight excluding hydrogens is 356 g/mol. The SMILES string of the molecule is COCCn1ccnc1C1CCN(C(=O)c2cc3nc(C)cc(C)n3n2)CC1. The third-order valence-electron chi connectivity index (χ3n) is 5.38. The molecule has 0 aliphatic carbocycles. The van der Waals surface area contributed by atoms with Gasteiger partial charge in [0, 0.05) is 62.5 Å². The molecular formula is C20H26N6O2. The number of hydrogen-bond donors (Lipinski definition) is 0. The summed E-state index contributed by atoms with van der Waals surface area (Å²) in [4.78, 5) is 23.9. The predicted octanol–water partition coefficient (Wildman–Crippen LogP) is 2.21. The van der Waals surface area contributed by atoms with Crippen molar-refractivity contribution in [3.63, 3.8) is 0 Å². The number of rotatable bonds is 5. The van der Waals surface area contributed by atoms with E-state index in [9.17, 15) is 4.79 Å². The van der Waals surface area contributed by atoms with Gasteiger partial charge in [-0.1, -0.05) is 0 Å². The minimum atomic E-state index is -0.0243. The van der Waals surface area contributed by atoms with Crippen molar-refractivity contribution < 1.29 is 9.53 Å². The first-order valence-electron chi connectivity index (χ1n) is 9.70. The van der Waals surface area contributed by atoms with Gasteiger partial charge in [-0.3, -0.25) is 4.79 Å². The third-order valence-corrected chi connectivity index (χ3v) is 5.38. The number of fused-ring (bicyclic) bond motifs is 1. The van der Waals surface area contributed by atoms with Gasteiger partial charge >= 0.3 is 0 Å². The van der Waals surface area contributed by atoms with Crippen LogP contribution in [0.5, 0.6) is 0 Å². The van der Waals surface area contributed by atoms with Crippen LogP contribution in [0.25, 0.3) is 5.65 Å². The van der Waals surface area contributed by atoms with Gasteiger partial charge in [0.15, 0.2) is 11.3 Å². The third kappa shape index (κ3) is 3.52. The molecule has 4 rings (SSSR count). The van der Waals surface area contributed by atoms with Crippen LogP contribution in [0.3, 0.4) is 0 Å². The van der Waals surface area contributed by atoms with Crippen LogP contribution in [0.2, 0.25) is 0 Å². The van der Waals surface area contributed by atoms with E-state index in [0.717, 1.165) is 42.2 Å². The van der Waals surface area contributed by atoms with E-state index in [2.05, 4.69) is 19.6 Å². The lowest BCUT2D eigenvalue weighted by molar-refractivity contribution is 0.0703. The van der Waals surface area contributed by atoms with Gasteiger partial charge in [0.25, 0.3) is 5.91 Å². The number of ether oxygens (including phenoxy) is 1. The lowest BCUT2D eigenvalue weighted by Crippen LogP contribution is -2.38. The fraction of sp³-hybridized carbons (Fsp3) is 0.500. The van der Waals surface area contributed by atoms with Crippen molar-refractivity contribution in [2.45, 2.75) is 39.2 Å². The molecule has 148 valence electrons. The lowest BCUT2D eigenvalue weighted by Gasteiger charge is -2.31. The van der Waals surface area contributed by atoms with Gasteiger partial charge in [-0.25, -0.2) is 14.5 Å². The van der Waals surface area contributed by atoms with Gasteiger partial charge < -0.3 is 14.2 Å². The number of nitrogens with zero attached hydrogens (tertiary/aromatic N) is 6. The molecule has 0 bridgehead atoms. The zero-order valence-corrected chi connectivity index (χ0v) is 16.6. The van der Waals surface area contributed by atoms with Crippen LogP contribution >= 0.6 is 0 Å². The summed E-state index contributed by atoms with van der Waals surface area (Å²) in [6.45, 7) is 6.81. The first-order valence-corrected chi connectivity index (χ1v) is 9.70. The van der Waals surface area contributed by atoms with E-state index in [0.29, 0.717) is 31.3 Å². The van der Waals surface area contributed by atoms with Crippen LogP contribution in [0.15, 0.2) is 24.5 Å². The maximum absolute atomic E-state index is 13.0. The van der Waals surface area contributed by atoms with Crippen molar-refractivity contribution >= 4 is 11.6 Å². The van der Waals surface area contributed by atoms with Crippen molar-refractivity contribution in [3.8, 4) is 0 Å². The van der Waals surface area contributed by atoms with Crippen LogP contribution in [-0.2, 0) is 11.3 Å². The molecule has 1 saturated heterocycles. The van der Waals surface area contributed by atoms with Crippen LogP contribution in [0.4, 0.5) is 0 Å². The van der Waals surface area contributed by atoms with E-state index in [-0.39, 0.29) is 5.91 Å². The van der Waals surface area contributed by atoms with Crippen molar-refractivity contribution in [1.82, 2.24) is 29.0 Å². The molecule has 1 aliphatic heterocycles. The predicted molar refractivity (Wildman–Crippen MR) is 104 cm³/mol. The largest absolute Gasteiger partial charge is 0.383 e. The van der Waals surface area contributed by atoms with Gasteiger partial charge in [0.1, 0.15) is 5.82 Å². The van der Waals surface area contributed by atoms with Crippen LogP contribution < -0.4 is 0 Å². The number of aryl methyl sites for hydroxylation is 2. The Morgan fingerprint density at radius 3 is 2.79 bits per heavy atom. The summed E-state index contributed by atoms with van der Waals surface area (Å²) in [5, 5.41) is 4.48. The molecule has 28 heavy (non-hydrogen) atoms. The van der Waals surface area contributed by atoms with Gasteiger partial charge in [0.2, 0.25) is 0 Å². The van der Waals surface area contributed by atoms with Crippen LogP contribution in [-0.4, -0.2) is 61.8 Å². The molecule has 0 spiro atoms. The Morgan fingerprint density at radius 2 is 2.04 bits per heavy atom. The zero-order chi connectivity index (χ0) is 19.7. The highest BCUT2D eigenvalue weighted by atomic mass is 16.5. The molecule has 8 heteroatoms. The molecule has 1 aliphatic rings. The van der Waals surface area contributed by atoms with Crippen LogP contribution in [0.1, 0.15) is 46.5 Å². The Balaban J connectivity index is 1.45. The molecule has 0 atom stereocenters. The number of methoxy groups -OCH3 is 1. The molecule has 0 aromatic carbocycles. The molecule has 0 N–H and O–H groups in total. The number of likely N-dealkylation sites (tertiary alicyclic amines) is 1. The smallest absolute Gasteiger partial charge is 0.274 e. The maximum Gasteiger partial charge on any atom is 0.274 e. The molecule has 8 nitrogen and oxygen atoms in total. The Bertz CT molecular complexity index is 984. The summed E-state index contributed by atoms with van der Waals surface area (Å²) in [6, 6.07) is 3.75. The summed E-state index contributed by atoms with van der Waals surface area (Å²) in [7, 11) is 1.71. The summed E-state index contributed by atoms with van der Waals surface area (Å²) in [5.74, 6) is 1.43. The number of amides is 1. The van der Waals surface area contributed by atoms with Crippen molar-refractivity contribution in [2.24, 2.45) is 0 Å². The average molecular weight is 382 g/mol. The van der Waals surface area contributed by atoms with E-state index in [1.165, 1.54) is 0 Å². The topological polar surface area (TPSA) is 77.5 Å². The molecule has 1 amide bonds. The Morgan fingerprint density at radius 1 is 1.25 bits per heavy atom. The quantitative estimate of drug-likeness (QED) is 0.676. The summed E-state index contributed by atoms with van der Waals surface area (Å²) in [6.07, 6.45) is 5.65. The number of piperidine rings is 1. The number of hydrogen-bond acceptors (Lipinski definition) is 5.